The zero-order chi connectivity index (χ0) is 15.2. The molecule has 0 aromatic carbocycles. The summed E-state index contributed by atoms with van der Waals surface area (Å²) in [6, 6.07) is 0. The molecule has 0 spiro atoms. The molecule has 0 unspecified atom stereocenters. The van der Waals surface area contributed by atoms with Crippen LogP contribution in [0.1, 0.15) is 46.0 Å². The Morgan fingerprint density at radius 3 is 2.90 bits per heavy atom. The van der Waals surface area contributed by atoms with Crippen molar-refractivity contribution in [3.05, 3.63) is 33.2 Å². The Kier molecular flexibility index (Phi) is 5.85. The predicted molar refractivity (Wildman–Crippen MR) is 88.0 cm³/mol. The largest absolute Gasteiger partial charge is 0.382 e. The van der Waals surface area contributed by atoms with Gasteiger partial charge in [0.2, 0.25) is 0 Å². The lowest BCUT2D eigenvalue weighted by molar-refractivity contribution is 0.464. The number of nitrogens with zero attached hydrogens (tertiary/aromatic N) is 2. The summed E-state index contributed by atoms with van der Waals surface area (Å²) in [4.78, 5) is 12.1. The molecule has 0 aliphatic heterocycles. The van der Waals surface area contributed by atoms with E-state index in [9.17, 15) is 4.79 Å². The number of allylic oxidation sites excluding steroid dienone is 1. The van der Waals surface area contributed by atoms with Crippen LogP contribution in [0, 0.1) is 5.92 Å². The van der Waals surface area contributed by atoms with Crippen molar-refractivity contribution < 1.29 is 0 Å². The van der Waals surface area contributed by atoms with Crippen molar-refractivity contribution in [2.24, 2.45) is 5.92 Å². The van der Waals surface area contributed by atoms with E-state index in [-0.39, 0.29) is 10.6 Å². The average molecular weight is 310 g/mol. The van der Waals surface area contributed by atoms with Crippen LogP contribution in [0.2, 0.25) is 5.02 Å². The normalized spacial score (nSPS) is 15.1. The Morgan fingerprint density at radius 2 is 2.24 bits per heavy atom. The van der Waals surface area contributed by atoms with Gasteiger partial charge in [-0.1, -0.05) is 37.1 Å². The molecule has 1 aromatic heterocycles. The van der Waals surface area contributed by atoms with E-state index < -0.39 is 0 Å². The second-order valence-electron chi connectivity index (χ2n) is 6.04. The molecule has 2 rings (SSSR count). The molecule has 0 fully saturated rings. The maximum absolute atomic E-state index is 12.1. The monoisotopic (exact) mass is 309 g/mol. The zero-order valence-corrected chi connectivity index (χ0v) is 13.6. The Labute approximate surface area is 131 Å². The summed E-state index contributed by atoms with van der Waals surface area (Å²) in [5, 5.41) is 7.66. The number of anilines is 1. The lowest BCUT2D eigenvalue weighted by atomic mass is 9.97. The van der Waals surface area contributed by atoms with Crippen LogP contribution in [-0.4, -0.2) is 16.3 Å². The van der Waals surface area contributed by atoms with Crippen LogP contribution in [0.25, 0.3) is 0 Å². The number of nitrogens with one attached hydrogen (secondary N) is 1. The SMILES string of the molecule is CC(C)Cn1ncc(NCCC2=CCCCC2)c(Cl)c1=O. The van der Waals surface area contributed by atoms with E-state index in [1.54, 1.807) is 6.20 Å². The Hall–Kier alpha value is -1.29. The number of aromatic nitrogens is 2. The van der Waals surface area contributed by atoms with E-state index in [0.717, 1.165) is 13.0 Å². The van der Waals surface area contributed by atoms with Crippen LogP contribution in [0.3, 0.4) is 0 Å². The summed E-state index contributed by atoms with van der Waals surface area (Å²) in [5.41, 5.74) is 1.93. The van der Waals surface area contributed by atoms with Crippen molar-refractivity contribution in [1.29, 1.82) is 0 Å². The quantitative estimate of drug-likeness (QED) is 0.812. The van der Waals surface area contributed by atoms with Crippen molar-refractivity contribution >= 4 is 17.3 Å². The number of rotatable bonds is 6. The van der Waals surface area contributed by atoms with Gasteiger partial charge >= 0.3 is 0 Å². The van der Waals surface area contributed by atoms with Gasteiger partial charge in [0.1, 0.15) is 5.02 Å². The minimum atomic E-state index is -0.216. The van der Waals surface area contributed by atoms with E-state index in [2.05, 4.69) is 16.5 Å². The van der Waals surface area contributed by atoms with Crippen LogP contribution in [0.5, 0.6) is 0 Å². The molecule has 0 radical (unpaired) electrons. The van der Waals surface area contributed by atoms with Crippen LogP contribution >= 0.6 is 11.6 Å². The molecule has 0 saturated heterocycles. The lowest BCUT2D eigenvalue weighted by Gasteiger charge is -2.14. The average Bonchev–Trinajstić information content (AvgIpc) is 2.47. The van der Waals surface area contributed by atoms with Gasteiger partial charge in [-0.25, -0.2) is 4.68 Å². The smallest absolute Gasteiger partial charge is 0.287 e. The Bertz CT molecular complexity index is 563. The molecule has 1 aliphatic rings. The van der Waals surface area contributed by atoms with Crippen molar-refractivity contribution in [2.45, 2.75) is 52.5 Å². The molecule has 0 bridgehead atoms. The fraction of sp³-hybridized carbons (Fsp3) is 0.625. The van der Waals surface area contributed by atoms with E-state index >= 15 is 0 Å². The van der Waals surface area contributed by atoms with Gasteiger partial charge in [-0.15, -0.1) is 0 Å². The number of hydrogen-bond acceptors (Lipinski definition) is 3. The summed E-state index contributed by atoms with van der Waals surface area (Å²) in [6.45, 7) is 5.48. The summed E-state index contributed by atoms with van der Waals surface area (Å²) in [5.74, 6) is 0.364. The molecular formula is C16H24ClN3O. The molecule has 5 heteroatoms. The molecule has 21 heavy (non-hydrogen) atoms. The third-order valence-corrected chi connectivity index (χ3v) is 4.03. The fourth-order valence-electron chi connectivity index (χ4n) is 2.55. The number of hydrogen-bond donors (Lipinski definition) is 1. The third-order valence-electron chi connectivity index (χ3n) is 3.67. The molecule has 4 nitrogen and oxygen atoms in total. The Balaban J connectivity index is 1.96. The third kappa shape index (κ3) is 4.60. The van der Waals surface area contributed by atoms with Gasteiger partial charge in [-0.3, -0.25) is 4.79 Å². The van der Waals surface area contributed by atoms with Crippen molar-refractivity contribution in [3.8, 4) is 0 Å². The molecule has 0 atom stereocenters. The van der Waals surface area contributed by atoms with Gasteiger partial charge < -0.3 is 5.32 Å². The second kappa shape index (κ2) is 7.64. The Morgan fingerprint density at radius 1 is 1.43 bits per heavy atom. The van der Waals surface area contributed by atoms with Gasteiger partial charge in [0.05, 0.1) is 11.9 Å². The maximum Gasteiger partial charge on any atom is 0.287 e. The van der Waals surface area contributed by atoms with Crippen LogP contribution in [0.4, 0.5) is 5.69 Å². The van der Waals surface area contributed by atoms with Crippen LogP contribution in [-0.2, 0) is 6.54 Å². The second-order valence-corrected chi connectivity index (χ2v) is 6.42. The highest BCUT2D eigenvalue weighted by atomic mass is 35.5. The van der Waals surface area contributed by atoms with Gasteiger partial charge in [0.25, 0.3) is 5.56 Å². The van der Waals surface area contributed by atoms with E-state index in [1.165, 1.54) is 35.9 Å². The zero-order valence-electron chi connectivity index (χ0n) is 12.9. The van der Waals surface area contributed by atoms with Gasteiger partial charge in [-0.2, -0.15) is 5.10 Å². The highest BCUT2D eigenvalue weighted by molar-refractivity contribution is 6.32. The van der Waals surface area contributed by atoms with Crippen LogP contribution in [0.15, 0.2) is 22.6 Å². The molecule has 1 N–H and O–H groups in total. The summed E-state index contributed by atoms with van der Waals surface area (Å²) < 4.78 is 1.43. The molecule has 0 saturated carbocycles. The molecule has 116 valence electrons. The first-order chi connectivity index (χ1) is 10.1. The first-order valence-electron chi connectivity index (χ1n) is 7.75. The number of halogens is 1. The van der Waals surface area contributed by atoms with E-state index in [1.807, 2.05) is 13.8 Å². The summed E-state index contributed by atoms with van der Waals surface area (Å²) in [7, 11) is 0. The highest BCUT2D eigenvalue weighted by Gasteiger charge is 2.10. The summed E-state index contributed by atoms with van der Waals surface area (Å²) >= 11 is 6.15. The minimum absolute atomic E-state index is 0.216. The molecule has 1 aromatic rings. The highest BCUT2D eigenvalue weighted by Crippen LogP contribution is 2.21. The predicted octanol–water partition coefficient (Wildman–Crippen LogP) is 3.86. The maximum atomic E-state index is 12.1. The van der Waals surface area contributed by atoms with E-state index in [0.29, 0.717) is 18.2 Å². The van der Waals surface area contributed by atoms with Gasteiger partial charge in [0.15, 0.2) is 0 Å². The molecular weight excluding hydrogens is 286 g/mol. The minimum Gasteiger partial charge on any atom is -0.382 e. The lowest BCUT2D eigenvalue weighted by Crippen LogP contribution is -2.26. The first kappa shape index (κ1) is 16.1. The first-order valence-corrected chi connectivity index (χ1v) is 8.13. The molecule has 1 heterocycles. The topological polar surface area (TPSA) is 46.9 Å². The molecule has 0 amide bonds. The fourth-order valence-corrected chi connectivity index (χ4v) is 2.77. The van der Waals surface area contributed by atoms with E-state index in [4.69, 9.17) is 11.6 Å². The molecule has 1 aliphatic carbocycles. The summed E-state index contributed by atoms with van der Waals surface area (Å²) in [6.07, 6.45) is 9.99. The van der Waals surface area contributed by atoms with Crippen molar-refractivity contribution in [2.75, 3.05) is 11.9 Å². The van der Waals surface area contributed by atoms with Gasteiger partial charge in [0, 0.05) is 13.1 Å². The van der Waals surface area contributed by atoms with Gasteiger partial charge in [-0.05, 0) is 38.0 Å². The van der Waals surface area contributed by atoms with Crippen LogP contribution < -0.4 is 10.9 Å². The van der Waals surface area contributed by atoms with Crippen molar-refractivity contribution in [1.82, 2.24) is 9.78 Å². The standard InChI is InChI=1S/C16H24ClN3O/c1-12(2)11-20-16(21)15(17)14(10-19-20)18-9-8-13-6-4-3-5-7-13/h6,10,12,18H,3-5,7-9,11H2,1-2H3. The van der Waals surface area contributed by atoms with Crippen molar-refractivity contribution in [3.63, 3.8) is 0 Å².